The van der Waals surface area contributed by atoms with E-state index >= 15 is 0 Å². The maximum absolute atomic E-state index is 13.7. The summed E-state index contributed by atoms with van der Waals surface area (Å²) in [6, 6.07) is 4.84. The molecule has 3 heteroatoms. The van der Waals surface area contributed by atoms with Crippen molar-refractivity contribution in [2.45, 2.75) is 46.6 Å². The van der Waals surface area contributed by atoms with Crippen LogP contribution in [0.25, 0.3) is 0 Å². The first kappa shape index (κ1) is 16.1. The summed E-state index contributed by atoms with van der Waals surface area (Å²) in [6.07, 6.45) is 1.59. The van der Waals surface area contributed by atoms with Crippen molar-refractivity contribution in [1.29, 1.82) is 0 Å². The van der Waals surface area contributed by atoms with Crippen molar-refractivity contribution in [3.8, 4) is 0 Å². The molecule has 1 unspecified atom stereocenters. The Morgan fingerprint density at radius 3 is 2.37 bits per heavy atom. The van der Waals surface area contributed by atoms with Gasteiger partial charge in [0.05, 0.1) is 0 Å². The van der Waals surface area contributed by atoms with Gasteiger partial charge >= 0.3 is 0 Å². The molecule has 0 aliphatic carbocycles. The molecule has 1 nitrogen and oxygen atoms in total. The molecule has 0 fully saturated rings. The number of rotatable bonds is 7. The number of halogens is 2. The van der Waals surface area contributed by atoms with Crippen LogP contribution in [-0.2, 0) is 6.42 Å². The third kappa shape index (κ3) is 5.68. The van der Waals surface area contributed by atoms with Crippen LogP contribution in [-0.4, -0.2) is 12.6 Å². The van der Waals surface area contributed by atoms with E-state index in [0.29, 0.717) is 29.9 Å². The molecule has 0 spiro atoms. The SMILES string of the molecule is CC(C)CC(CNC(C)C)Cc1cccc(F)c1F. The number of benzene rings is 1. The van der Waals surface area contributed by atoms with Gasteiger partial charge in [0.15, 0.2) is 11.6 Å². The van der Waals surface area contributed by atoms with Crippen LogP contribution in [0.5, 0.6) is 0 Å². The van der Waals surface area contributed by atoms with Crippen molar-refractivity contribution in [3.05, 3.63) is 35.4 Å². The molecule has 108 valence electrons. The summed E-state index contributed by atoms with van der Waals surface area (Å²) < 4.78 is 26.9. The standard InChI is InChI=1S/C16H25F2N/c1-11(2)8-13(10-19-12(3)4)9-14-6-5-7-15(17)16(14)18/h5-7,11-13,19H,8-10H2,1-4H3. The zero-order valence-corrected chi connectivity index (χ0v) is 12.3. The van der Waals surface area contributed by atoms with E-state index in [1.807, 2.05) is 0 Å². The average Bonchev–Trinajstić information content (AvgIpc) is 2.31. The lowest BCUT2D eigenvalue weighted by Gasteiger charge is -2.21. The van der Waals surface area contributed by atoms with Crippen LogP contribution in [0.2, 0.25) is 0 Å². The summed E-state index contributed by atoms with van der Waals surface area (Å²) in [6.45, 7) is 9.34. The molecule has 19 heavy (non-hydrogen) atoms. The molecule has 0 bridgehead atoms. The highest BCUT2D eigenvalue weighted by Crippen LogP contribution is 2.20. The van der Waals surface area contributed by atoms with Crippen molar-refractivity contribution in [2.24, 2.45) is 11.8 Å². The van der Waals surface area contributed by atoms with Crippen molar-refractivity contribution in [1.82, 2.24) is 5.32 Å². The van der Waals surface area contributed by atoms with E-state index in [2.05, 4.69) is 33.0 Å². The first-order chi connectivity index (χ1) is 8.90. The second-order valence-corrected chi connectivity index (χ2v) is 5.98. The van der Waals surface area contributed by atoms with Gasteiger partial charge in [0.2, 0.25) is 0 Å². The number of hydrogen-bond donors (Lipinski definition) is 1. The molecule has 1 rings (SSSR count). The van der Waals surface area contributed by atoms with E-state index in [-0.39, 0.29) is 0 Å². The fourth-order valence-corrected chi connectivity index (χ4v) is 2.32. The Morgan fingerprint density at radius 2 is 1.79 bits per heavy atom. The lowest BCUT2D eigenvalue weighted by Crippen LogP contribution is -2.30. The molecule has 1 aromatic rings. The van der Waals surface area contributed by atoms with E-state index in [4.69, 9.17) is 0 Å². The average molecular weight is 269 g/mol. The van der Waals surface area contributed by atoms with Gasteiger partial charge in [0.1, 0.15) is 0 Å². The van der Waals surface area contributed by atoms with Crippen LogP contribution in [0.1, 0.15) is 39.7 Å². The molecule has 0 aromatic heterocycles. The highest BCUT2D eigenvalue weighted by molar-refractivity contribution is 5.19. The Hall–Kier alpha value is -0.960. The maximum atomic E-state index is 13.7. The molecule has 0 aliphatic heterocycles. The van der Waals surface area contributed by atoms with Crippen LogP contribution < -0.4 is 5.32 Å². The zero-order valence-electron chi connectivity index (χ0n) is 12.3. The lowest BCUT2D eigenvalue weighted by molar-refractivity contribution is 0.367. The van der Waals surface area contributed by atoms with Gasteiger partial charge in [-0.25, -0.2) is 8.78 Å². The van der Waals surface area contributed by atoms with Gasteiger partial charge in [-0.3, -0.25) is 0 Å². The highest BCUT2D eigenvalue weighted by Gasteiger charge is 2.16. The molecule has 1 atom stereocenters. The fourth-order valence-electron chi connectivity index (χ4n) is 2.32. The topological polar surface area (TPSA) is 12.0 Å². The summed E-state index contributed by atoms with van der Waals surface area (Å²) in [5.41, 5.74) is 0.483. The Morgan fingerprint density at radius 1 is 1.11 bits per heavy atom. The minimum atomic E-state index is -0.752. The van der Waals surface area contributed by atoms with E-state index in [1.54, 1.807) is 12.1 Å². The first-order valence-corrected chi connectivity index (χ1v) is 7.06. The summed E-state index contributed by atoms with van der Waals surface area (Å²) in [4.78, 5) is 0. The Bertz CT molecular complexity index is 388. The Balaban J connectivity index is 2.72. The monoisotopic (exact) mass is 269 g/mol. The van der Waals surface area contributed by atoms with Gasteiger partial charge < -0.3 is 5.32 Å². The quantitative estimate of drug-likeness (QED) is 0.783. The van der Waals surface area contributed by atoms with Crippen molar-refractivity contribution in [3.63, 3.8) is 0 Å². The largest absolute Gasteiger partial charge is 0.314 e. The lowest BCUT2D eigenvalue weighted by atomic mass is 9.90. The minimum absolute atomic E-state index is 0.332. The summed E-state index contributed by atoms with van der Waals surface area (Å²) in [7, 11) is 0. The first-order valence-electron chi connectivity index (χ1n) is 7.06. The van der Waals surface area contributed by atoms with E-state index in [1.165, 1.54) is 6.07 Å². The second kappa shape index (κ2) is 7.59. The summed E-state index contributed by atoms with van der Waals surface area (Å²) in [5.74, 6) is -0.562. The molecule has 1 N–H and O–H groups in total. The summed E-state index contributed by atoms with van der Waals surface area (Å²) >= 11 is 0. The molecule has 0 heterocycles. The third-order valence-corrected chi connectivity index (χ3v) is 3.16. The maximum Gasteiger partial charge on any atom is 0.162 e. The Labute approximate surface area is 115 Å². The highest BCUT2D eigenvalue weighted by atomic mass is 19.2. The molecule has 0 saturated carbocycles. The van der Waals surface area contributed by atoms with Crippen LogP contribution in [0.4, 0.5) is 8.78 Å². The van der Waals surface area contributed by atoms with Crippen LogP contribution in [0.15, 0.2) is 18.2 Å². The smallest absolute Gasteiger partial charge is 0.162 e. The third-order valence-electron chi connectivity index (χ3n) is 3.16. The van der Waals surface area contributed by atoms with E-state index in [9.17, 15) is 8.78 Å². The van der Waals surface area contributed by atoms with Crippen LogP contribution >= 0.6 is 0 Å². The van der Waals surface area contributed by atoms with Gasteiger partial charge in [-0.1, -0.05) is 39.8 Å². The van der Waals surface area contributed by atoms with Crippen molar-refractivity contribution >= 4 is 0 Å². The summed E-state index contributed by atoms with van der Waals surface area (Å²) in [5, 5.41) is 3.39. The van der Waals surface area contributed by atoms with Crippen LogP contribution in [0, 0.1) is 23.5 Å². The molecular weight excluding hydrogens is 244 g/mol. The minimum Gasteiger partial charge on any atom is -0.314 e. The van der Waals surface area contributed by atoms with Gasteiger partial charge in [-0.2, -0.15) is 0 Å². The fraction of sp³-hybridized carbons (Fsp3) is 0.625. The molecular formula is C16H25F2N. The van der Waals surface area contributed by atoms with Crippen LogP contribution in [0.3, 0.4) is 0 Å². The molecule has 0 radical (unpaired) electrons. The predicted molar refractivity (Wildman–Crippen MR) is 76.1 cm³/mol. The molecule has 0 saturated heterocycles. The van der Waals surface area contributed by atoms with Gasteiger partial charge in [-0.05, 0) is 42.9 Å². The van der Waals surface area contributed by atoms with Crippen molar-refractivity contribution < 1.29 is 8.78 Å². The normalized spacial score (nSPS) is 13.3. The van der Waals surface area contributed by atoms with Gasteiger partial charge in [0, 0.05) is 6.04 Å². The molecule has 1 aromatic carbocycles. The molecule has 0 aliphatic rings. The zero-order chi connectivity index (χ0) is 14.4. The Kier molecular flexibility index (Phi) is 6.43. The van der Waals surface area contributed by atoms with E-state index in [0.717, 1.165) is 13.0 Å². The van der Waals surface area contributed by atoms with Gasteiger partial charge in [-0.15, -0.1) is 0 Å². The van der Waals surface area contributed by atoms with E-state index < -0.39 is 11.6 Å². The van der Waals surface area contributed by atoms with Gasteiger partial charge in [0.25, 0.3) is 0 Å². The number of nitrogens with one attached hydrogen (secondary N) is 1. The number of hydrogen-bond acceptors (Lipinski definition) is 1. The van der Waals surface area contributed by atoms with Crippen molar-refractivity contribution in [2.75, 3.05) is 6.54 Å². The predicted octanol–water partition coefficient (Wildman–Crippen LogP) is 4.17. The molecule has 0 amide bonds. The second-order valence-electron chi connectivity index (χ2n) is 5.98.